The molecule has 0 aliphatic rings. The van der Waals surface area contributed by atoms with Crippen LogP contribution in [0.4, 0.5) is 5.69 Å². The summed E-state index contributed by atoms with van der Waals surface area (Å²) in [7, 11) is 0. The summed E-state index contributed by atoms with van der Waals surface area (Å²) in [5, 5.41) is 5.52. The first-order valence-electron chi connectivity index (χ1n) is 8.26. The van der Waals surface area contributed by atoms with Gasteiger partial charge in [-0.3, -0.25) is 14.4 Å². The second kappa shape index (κ2) is 9.01. The van der Waals surface area contributed by atoms with E-state index in [1.807, 2.05) is 27.7 Å². The van der Waals surface area contributed by atoms with Crippen molar-refractivity contribution in [3.05, 3.63) is 35.9 Å². The molecule has 0 aliphatic heterocycles. The van der Waals surface area contributed by atoms with Crippen LogP contribution in [0.25, 0.3) is 6.08 Å². The molecule has 6 nitrogen and oxygen atoms in total. The van der Waals surface area contributed by atoms with Crippen molar-refractivity contribution in [1.82, 2.24) is 10.2 Å². The average molecular weight is 345 g/mol. The van der Waals surface area contributed by atoms with E-state index in [2.05, 4.69) is 10.6 Å². The van der Waals surface area contributed by atoms with E-state index in [0.717, 1.165) is 5.56 Å². The maximum atomic E-state index is 12.3. The molecule has 25 heavy (non-hydrogen) atoms. The van der Waals surface area contributed by atoms with E-state index < -0.39 is 0 Å². The molecule has 136 valence electrons. The second-order valence-electron chi connectivity index (χ2n) is 6.79. The maximum Gasteiger partial charge on any atom is 0.247 e. The van der Waals surface area contributed by atoms with Crippen LogP contribution in [0, 0.1) is 0 Å². The minimum absolute atomic E-state index is 0.0262. The summed E-state index contributed by atoms with van der Waals surface area (Å²) in [4.78, 5) is 36.7. The zero-order valence-electron chi connectivity index (χ0n) is 15.6. The van der Waals surface area contributed by atoms with Gasteiger partial charge in [0.05, 0.1) is 6.54 Å². The summed E-state index contributed by atoms with van der Waals surface area (Å²) < 4.78 is 0. The smallest absolute Gasteiger partial charge is 0.247 e. The number of hydrogen-bond acceptors (Lipinski definition) is 3. The van der Waals surface area contributed by atoms with Crippen LogP contribution in [-0.2, 0) is 14.4 Å². The minimum atomic E-state index is -0.328. The fourth-order valence-electron chi connectivity index (χ4n) is 2.13. The highest BCUT2D eigenvalue weighted by Crippen LogP contribution is 2.11. The van der Waals surface area contributed by atoms with Gasteiger partial charge in [-0.05, 0) is 51.5 Å². The van der Waals surface area contributed by atoms with E-state index in [9.17, 15) is 14.4 Å². The third-order valence-corrected chi connectivity index (χ3v) is 3.19. The standard InChI is InChI=1S/C19H27N3O3/c1-6-22(13-17(24)21-19(3,4)5)18(25)12-9-15-7-10-16(11-8-15)20-14(2)23/h7-12H,6,13H2,1-5H3,(H,20,23)(H,21,24)/b12-9+. The molecular weight excluding hydrogens is 318 g/mol. The van der Waals surface area contributed by atoms with Crippen molar-refractivity contribution < 1.29 is 14.4 Å². The number of rotatable bonds is 6. The van der Waals surface area contributed by atoms with E-state index in [1.165, 1.54) is 17.9 Å². The van der Waals surface area contributed by atoms with Crippen LogP contribution in [0.15, 0.2) is 30.3 Å². The number of likely N-dealkylation sites (N-methyl/N-ethyl adjacent to an activating group) is 1. The van der Waals surface area contributed by atoms with Gasteiger partial charge in [0.2, 0.25) is 17.7 Å². The van der Waals surface area contributed by atoms with Gasteiger partial charge < -0.3 is 15.5 Å². The van der Waals surface area contributed by atoms with Gasteiger partial charge in [0, 0.05) is 30.8 Å². The van der Waals surface area contributed by atoms with E-state index in [1.54, 1.807) is 30.3 Å². The predicted octanol–water partition coefficient (Wildman–Crippen LogP) is 2.42. The number of benzene rings is 1. The first-order valence-corrected chi connectivity index (χ1v) is 8.26. The van der Waals surface area contributed by atoms with E-state index >= 15 is 0 Å². The van der Waals surface area contributed by atoms with Gasteiger partial charge in [0.15, 0.2) is 0 Å². The van der Waals surface area contributed by atoms with Gasteiger partial charge in [-0.15, -0.1) is 0 Å². The quantitative estimate of drug-likeness (QED) is 0.777. The van der Waals surface area contributed by atoms with Gasteiger partial charge in [0.25, 0.3) is 0 Å². The molecule has 3 amide bonds. The molecule has 0 saturated carbocycles. The average Bonchev–Trinajstić information content (AvgIpc) is 2.49. The fraction of sp³-hybridized carbons (Fsp3) is 0.421. The third-order valence-electron chi connectivity index (χ3n) is 3.19. The Morgan fingerprint density at radius 3 is 2.20 bits per heavy atom. The van der Waals surface area contributed by atoms with Crippen LogP contribution < -0.4 is 10.6 Å². The first-order chi connectivity index (χ1) is 11.6. The number of nitrogens with zero attached hydrogens (tertiary/aromatic N) is 1. The molecule has 0 unspecified atom stereocenters. The Balaban J connectivity index is 2.66. The highest BCUT2D eigenvalue weighted by atomic mass is 16.2. The molecule has 1 rings (SSSR count). The van der Waals surface area contributed by atoms with Crippen molar-refractivity contribution in [1.29, 1.82) is 0 Å². The molecule has 0 radical (unpaired) electrons. The van der Waals surface area contributed by atoms with Crippen LogP contribution in [0.1, 0.15) is 40.2 Å². The van der Waals surface area contributed by atoms with Crippen LogP contribution in [-0.4, -0.2) is 41.2 Å². The van der Waals surface area contributed by atoms with E-state index in [4.69, 9.17) is 0 Å². The van der Waals surface area contributed by atoms with Crippen LogP contribution in [0.3, 0.4) is 0 Å². The molecule has 0 spiro atoms. The lowest BCUT2D eigenvalue weighted by Gasteiger charge is -2.24. The largest absolute Gasteiger partial charge is 0.350 e. The Morgan fingerprint density at radius 1 is 1.12 bits per heavy atom. The van der Waals surface area contributed by atoms with Crippen LogP contribution in [0.5, 0.6) is 0 Å². The van der Waals surface area contributed by atoms with Gasteiger partial charge in [-0.1, -0.05) is 12.1 Å². The zero-order valence-corrected chi connectivity index (χ0v) is 15.6. The minimum Gasteiger partial charge on any atom is -0.350 e. The second-order valence-corrected chi connectivity index (χ2v) is 6.79. The number of carbonyl (C=O) groups is 3. The highest BCUT2D eigenvalue weighted by Gasteiger charge is 2.18. The van der Waals surface area contributed by atoms with Gasteiger partial charge in [0.1, 0.15) is 0 Å². The van der Waals surface area contributed by atoms with E-state index in [0.29, 0.717) is 12.2 Å². The molecule has 6 heteroatoms. The summed E-state index contributed by atoms with van der Waals surface area (Å²) in [6.07, 6.45) is 3.13. The van der Waals surface area contributed by atoms with Crippen molar-refractivity contribution in [2.24, 2.45) is 0 Å². The molecule has 1 aromatic carbocycles. The van der Waals surface area contributed by atoms with Gasteiger partial charge in [-0.2, -0.15) is 0 Å². The summed E-state index contributed by atoms with van der Waals surface area (Å²) >= 11 is 0. The Hall–Kier alpha value is -2.63. The number of nitrogens with one attached hydrogen (secondary N) is 2. The molecular formula is C19H27N3O3. The first kappa shape index (κ1) is 20.4. The molecule has 0 bridgehead atoms. The molecule has 0 fully saturated rings. The third kappa shape index (κ3) is 8.15. The maximum absolute atomic E-state index is 12.3. The molecule has 0 aromatic heterocycles. The Labute approximate surface area is 149 Å². The molecule has 0 heterocycles. The van der Waals surface area contributed by atoms with Crippen molar-refractivity contribution in [3.8, 4) is 0 Å². The fourth-order valence-corrected chi connectivity index (χ4v) is 2.13. The van der Waals surface area contributed by atoms with Gasteiger partial charge >= 0.3 is 0 Å². The summed E-state index contributed by atoms with van der Waals surface area (Å²) in [5.41, 5.74) is 1.20. The SMILES string of the molecule is CCN(CC(=O)NC(C)(C)C)C(=O)/C=C/c1ccc(NC(C)=O)cc1. The summed E-state index contributed by atoms with van der Waals surface area (Å²) in [6, 6.07) is 7.13. The Bertz CT molecular complexity index is 643. The van der Waals surface area contributed by atoms with Crippen molar-refractivity contribution >= 4 is 29.5 Å². The zero-order chi connectivity index (χ0) is 19.0. The monoisotopic (exact) mass is 345 g/mol. The van der Waals surface area contributed by atoms with Crippen LogP contribution in [0.2, 0.25) is 0 Å². The molecule has 1 aromatic rings. The topological polar surface area (TPSA) is 78.5 Å². The summed E-state index contributed by atoms with van der Waals surface area (Å²) in [5.74, 6) is -0.543. The lowest BCUT2D eigenvalue weighted by atomic mass is 10.1. The Morgan fingerprint density at radius 2 is 1.72 bits per heavy atom. The highest BCUT2D eigenvalue weighted by molar-refractivity contribution is 5.94. The number of amides is 3. The normalized spacial score (nSPS) is 11.2. The van der Waals surface area contributed by atoms with Gasteiger partial charge in [-0.25, -0.2) is 0 Å². The molecule has 0 saturated heterocycles. The van der Waals surface area contributed by atoms with E-state index in [-0.39, 0.29) is 29.8 Å². The van der Waals surface area contributed by atoms with Crippen molar-refractivity contribution in [2.45, 2.75) is 40.2 Å². The number of carbonyl (C=O) groups excluding carboxylic acids is 3. The molecule has 0 aliphatic carbocycles. The Kier molecular flexibility index (Phi) is 7.36. The molecule has 0 atom stereocenters. The number of hydrogen-bond donors (Lipinski definition) is 2. The van der Waals surface area contributed by atoms with Crippen molar-refractivity contribution in [3.63, 3.8) is 0 Å². The predicted molar refractivity (Wildman–Crippen MR) is 99.9 cm³/mol. The lowest BCUT2D eigenvalue weighted by molar-refractivity contribution is -0.132. The summed E-state index contributed by atoms with van der Waals surface area (Å²) in [6.45, 7) is 9.44. The lowest BCUT2D eigenvalue weighted by Crippen LogP contribution is -2.47. The molecule has 2 N–H and O–H groups in total. The number of anilines is 1. The van der Waals surface area contributed by atoms with Crippen LogP contribution >= 0.6 is 0 Å². The van der Waals surface area contributed by atoms with Crippen molar-refractivity contribution in [2.75, 3.05) is 18.4 Å².